The second kappa shape index (κ2) is 6.90. The van der Waals surface area contributed by atoms with E-state index in [0.717, 1.165) is 12.2 Å². The average Bonchev–Trinajstić information content (AvgIpc) is 2.34. The molecular formula is C14H21N3. The number of nitriles is 1. The topological polar surface area (TPSA) is 39.9 Å². The largest absolute Gasteiger partial charge is 0.369 e. The van der Waals surface area contributed by atoms with Gasteiger partial charge in [0.05, 0.1) is 0 Å². The van der Waals surface area contributed by atoms with Crippen molar-refractivity contribution in [2.24, 2.45) is 0 Å². The summed E-state index contributed by atoms with van der Waals surface area (Å²) in [5.41, 5.74) is 1.59. The van der Waals surface area contributed by atoms with Crippen molar-refractivity contribution in [3.8, 4) is 6.07 Å². The molecule has 0 aliphatic rings. The highest BCUT2D eigenvalue weighted by atomic mass is 15.1. The van der Waals surface area contributed by atoms with E-state index in [-0.39, 0.29) is 0 Å². The van der Waals surface area contributed by atoms with Crippen LogP contribution < -0.4 is 4.90 Å². The van der Waals surface area contributed by atoms with Crippen molar-refractivity contribution in [2.75, 3.05) is 11.4 Å². The van der Waals surface area contributed by atoms with E-state index in [0.29, 0.717) is 11.7 Å². The second-order valence-corrected chi connectivity index (χ2v) is 4.51. The number of pyridine rings is 1. The summed E-state index contributed by atoms with van der Waals surface area (Å²) in [6.45, 7) is 7.61. The molecule has 0 N–H and O–H groups in total. The van der Waals surface area contributed by atoms with E-state index < -0.39 is 0 Å². The lowest BCUT2D eigenvalue weighted by atomic mass is 10.2. The Labute approximate surface area is 104 Å². The summed E-state index contributed by atoms with van der Waals surface area (Å²) in [5.74, 6) is 0. The van der Waals surface area contributed by atoms with Crippen LogP contribution in [0.15, 0.2) is 18.3 Å². The van der Waals surface area contributed by atoms with Crippen molar-refractivity contribution in [1.29, 1.82) is 5.26 Å². The fraction of sp³-hybridized carbons (Fsp3) is 0.571. The van der Waals surface area contributed by atoms with E-state index in [9.17, 15) is 0 Å². The van der Waals surface area contributed by atoms with Crippen molar-refractivity contribution >= 4 is 5.69 Å². The molecule has 0 amide bonds. The highest BCUT2D eigenvalue weighted by Gasteiger charge is 2.10. The SMILES string of the molecule is CCCCCN(c1ccnc(C#N)c1)C(C)C. The summed E-state index contributed by atoms with van der Waals surface area (Å²) in [6.07, 6.45) is 5.38. The molecule has 0 aliphatic heterocycles. The number of unbranched alkanes of at least 4 members (excludes halogenated alkanes) is 2. The van der Waals surface area contributed by atoms with Gasteiger partial charge < -0.3 is 4.90 Å². The van der Waals surface area contributed by atoms with Crippen molar-refractivity contribution in [2.45, 2.75) is 46.1 Å². The zero-order chi connectivity index (χ0) is 12.7. The lowest BCUT2D eigenvalue weighted by Crippen LogP contribution is -2.31. The van der Waals surface area contributed by atoms with Gasteiger partial charge in [-0.25, -0.2) is 4.98 Å². The lowest BCUT2D eigenvalue weighted by molar-refractivity contribution is 0.625. The van der Waals surface area contributed by atoms with Crippen LogP contribution in [0, 0.1) is 11.3 Å². The molecule has 0 saturated carbocycles. The van der Waals surface area contributed by atoms with Crippen LogP contribution in [-0.2, 0) is 0 Å². The molecule has 0 unspecified atom stereocenters. The summed E-state index contributed by atoms with van der Waals surface area (Å²) in [5, 5.41) is 8.87. The Hall–Kier alpha value is -1.56. The van der Waals surface area contributed by atoms with Crippen LogP contribution in [0.5, 0.6) is 0 Å². The number of aromatic nitrogens is 1. The molecule has 1 aromatic heterocycles. The number of nitrogens with zero attached hydrogens (tertiary/aromatic N) is 3. The molecule has 1 rings (SSSR count). The summed E-state index contributed by atoms with van der Waals surface area (Å²) in [4.78, 5) is 6.34. The zero-order valence-electron chi connectivity index (χ0n) is 11.0. The summed E-state index contributed by atoms with van der Waals surface area (Å²) in [6, 6.07) is 6.38. The molecule has 0 radical (unpaired) electrons. The van der Waals surface area contributed by atoms with Gasteiger partial charge in [0, 0.05) is 24.5 Å². The van der Waals surface area contributed by atoms with E-state index >= 15 is 0 Å². The van der Waals surface area contributed by atoms with E-state index in [1.54, 1.807) is 6.20 Å². The minimum atomic E-state index is 0.445. The number of anilines is 1. The van der Waals surface area contributed by atoms with E-state index in [4.69, 9.17) is 5.26 Å². The molecule has 3 heteroatoms. The van der Waals surface area contributed by atoms with E-state index in [1.807, 2.05) is 12.1 Å². The van der Waals surface area contributed by atoms with Crippen LogP contribution in [0.2, 0.25) is 0 Å². The van der Waals surface area contributed by atoms with Crippen LogP contribution in [-0.4, -0.2) is 17.6 Å². The van der Waals surface area contributed by atoms with E-state index in [2.05, 4.69) is 36.7 Å². The first-order valence-electron chi connectivity index (χ1n) is 6.31. The first-order chi connectivity index (χ1) is 8.19. The Bertz CT molecular complexity index is 379. The van der Waals surface area contributed by atoms with Gasteiger partial charge in [-0.15, -0.1) is 0 Å². The van der Waals surface area contributed by atoms with E-state index in [1.165, 1.54) is 19.3 Å². The normalized spacial score (nSPS) is 10.3. The predicted molar refractivity (Wildman–Crippen MR) is 71.0 cm³/mol. The van der Waals surface area contributed by atoms with Gasteiger partial charge in [0.15, 0.2) is 0 Å². The summed E-state index contributed by atoms with van der Waals surface area (Å²) in [7, 11) is 0. The van der Waals surface area contributed by atoms with Gasteiger partial charge >= 0.3 is 0 Å². The molecular weight excluding hydrogens is 210 g/mol. The van der Waals surface area contributed by atoms with Crippen LogP contribution in [0.4, 0.5) is 5.69 Å². The molecule has 0 aliphatic carbocycles. The smallest absolute Gasteiger partial charge is 0.142 e. The minimum absolute atomic E-state index is 0.445. The fourth-order valence-electron chi connectivity index (χ4n) is 1.88. The predicted octanol–water partition coefficient (Wildman–Crippen LogP) is 3.36. The molecule has 0 fully saturated rings. The van der Waals surface area contributed by atoms with Gasteiger partial charge in [-0.3, -0.25) is 0 Å². The quantitative estimate of drug-likeness (QED) is 0.705. The van der Waals surface area contributed by atoms with Gasteiger partial charge in [0.1, 0.15) is 11.8 Å². The molecule has 0 bridgehead atoms. The first-order valence-corrected chi connectivity index (χ1v) is 6.31. The van der Waals surface area contributed by atoms with Crippen LogP contribution in [0.3, 0.4) is 0 Å². The fourth-order valence-corrected chi connectivity index (χ4v) is 1.88. The van der Waals surface area contributed by atoms with Crippen LogP contribution in [0.1, 0.15) is 45.7 Å². The Balaban J connectivity index is 2.78. The van der Waals surface area contributed by atoms with Crippen molar-refractivity contribution in [1.82, 2.24) is 4.98 Å². The molecule has 17 heavy (non-hydrogen) atoms. The number of rotatable bonds is 6. The molecule has 0 spiro atoms. The van der Waals surface area contributed by atoms with Gasteiger partial charge in [-0.05, 0) is 32.4 Å². The molecule has 3 nitrogen and oxygen atoms in total. The molecule has 0 aromatic carbocycles. The van der Waals surface area contributed by atoms with Crippen molar-refractivity contribution < 1.29 is 0 Å². The van der Waals surface area contributed by atoms with Gasteiger partial charge in [0.2, 0.25) is 0 Å². The highest BCUT2D eigenvalue weighted by molar-refractivity contribution is 5.49. The second-order valence-electron chi connectivity index (χ2n) is 4.51. The Kier molecular flexibility index (Phi) is 5.48. The third-order valence-electron chi connectivity index (χ3n) is 2.82. The first kappa shape index (κ1) is 13.5. The van der Waals surface area contributed by atoms with Crippen LogP contribution in [0.25, 0.3) is 0 Å². The Morgan fingerprint density at radius 3 is 2.76 bits per heavy atom. The third-order valence-corrected chi connectivity index (χ3v) is 2.82. The third kappa shape index (κ3) is 4.07. The molecule has 1 heterocycles. The van der Waals surface area contributed by atoms with Gasteiger partial charge in [-0.1, -0.05) is 19.8 Å². The lowest BCUT2D eigenvalue weighted by Gasteiger charge is -2.29. The number of hydrogen-bond acceptors (Lipinski definition) is 3. The minimum Gasteiger partial charge on any atom is -0.369 e. The number of hydrogen-bond donors (Lipinski definition) is 0. The highest BCUT2D eigenvalue weighted by Crippen LogP contribution is 2.18. The summed E-state index contributed by atoms with van der Waals surface area (Å²) >= 11 is 0. The van der Waals surface area contributed by atoms with Crippen molar-refractivity contribution in [3.05, 3.63) is 24.0 Å². The average molecular weight is 231 g/mol. The van der Waals surface area contributed by atoms with Gasteiger partial charge in [0.25, 0.3) is 0 Å². The molecule has 0 atom stereocenters. The van der Waals surface area contributed by atoms with Crippen molar-refractivity contribution in [3.63, 3.8) is 0 Å². The molecule has 1 aromatic rings. The summed E-state index contributed by atoms with van der Waals surface area (Å²) < 4.78 is 0. The van der Waals surface area contributed by atoms with Crippen LogP contribution >= 0.6 is 0 Å². The molecule has 0 saturated heterocycles. The standard InChI is InChI=1S/C14H21N3/c1-4-5-6-9-17(12(2)3)14-7-8-16-13(10-14)11-15/h7-8,10,12H,4-6,9H2,1-3H3. The monoisotopic (exact) mass is 231 g/mol. The Morgan fingerprint density at radius 1 is 1.41 bits per heavy atom. The maximum Gasteiger partial charge on any atom is 0.142 e. The maximum absolute atomic E-state index is 8.87. The zero-order valence-corrected chi connectivity index (χ0v) is 11.0. The van der Waals surface area contributed by atoms with Gasteiger partial charge in [-0.2, -0.15) is 5.26 Å². The maximum atomic E-state index is 8.87. The molecule has 92 valence electrons. The Morgan fingerprint density at radius 2 is 2.18 bits per heavy atom.